The van der Waals surface area contributed by atoms with E-state index in [1.54, 1.807) is 24.3 Å². The Morgan fingerprint density at radius 2 is 2.39 bits per heavy atom. The largest absolute Gasteiger partial charge is 0.399 e. The molecule has 1 heterocycles. The van der Waals surface area contributed by atoms with Gasteiger partial charge in [-0.2, -0.15) is 0 Å². The molecule has 1 saturated heterocycles. The monoisotopic (exact) mass is 247 g/mol. The molecule has 0 spiro atoms. The Bertz CT molecular complexity index is 419. The van der Waals surface area contributed by atoms with Gasteiger partial charge in [-0.15, -0.1) is 0 Å². The molecule has 4 nitrogen and oxygen atoms in total. The van der Waals surface area contributed by atoms with E-state index in [1.807, 2.05) is 0 Å². The first-order chi connectivity index (χ1) is 8.66. The maximum Gasteiger partial charge on any atom is 0.251 e. The van der Waals surface area contributed by atoms with E-state index in [4.69, 9.17) is 5.73 Å². The SMILES string of the molecule is CN1CCCC1CCNC(=O)c1cccc(N)c1. The first kappa shape index (κ1) is 12.9. The summed E-state index contributed by atoms with van der Waals surface area (Å²) < 4.78 is 0. The average Bonchev–Trinajstić information content (AvgIpc) is 2.75. The summed E-state index contributed by atoms with van der Waals surface area (Å²) in [5.74, 6) is -0.0389. The van der Waals surface area contributed by atoms with E-state index in [0.29, 0.717) is 17.3 Å². The van der Waals surface area contributed by atoms with Crippen molar-refractivity contribution < 1.29 is 4.79 Å². The molecule has 3 N–H and O–H groups in total. The number of anilines is 1. The summed E-state index contributed by atoms with van der Waals surface area (Å²) in [4.78, 5) is 14.2. The van der Waals surface area contributed by atoms with Gasteiger partial charge in [0.05, 0.1) is 0 Å². The highest BCUT2D eigenvalue weighted by Gasteiger charge is 2.20. The third-order valence-corrected chi connectivity index (χ3v) is 3.58. The number of hydrogen-bond donors (Lipinski definition) is 2. The molecule has 98 valence electrons. The molecule has 0 aromatic heterocycles. The summed E-state index contributed by atoms with van der Waals surface area (Å²) in [6, 6.07) is 7.69. The Kier molecular flexibility index (Phi) is 4.20. The van der Waals surface area contributed by atoms with Crippen LogP contribution in [0.25, 0.3) is 0 Å². The highest BCUT2D eigenvalue weighted by molar-refractivity contribution is 5.94. The molecule has 0 radical (unpaired) electrons. The molecule has 1 amide bonds. The number of amides is 1. The summed E-state index contributed by atoms with van der Waals surface area (Å²) >= 11 is 0. The minimum absolute atomic E-state index is 0.0389. The van der Waals surface area contributed by atoms with Crippen molar-refractivity contribution in [3.05, 3.63) is 29.8 Å². The van der Waals surface area contributed by atoms with E-state index in [1.165, 1.54) is 19.4 Å². The summed E-state index contributed by atoms with van der Waals surface area (Å²) in [7, 11) is 2.15. The van der Waals surface area contributed by atoms with Gasteiger partial charge in [0, 0.05) is 23.8 Å². The van der Waals surface area contributed by atoms with Crippen LogP contribution in [0.15, 0.2) is 24.3 Å². The Balaban J connectivity index is 1.78. The number of likely N-dealkylation sites (tertiary alicyclic amines) is 1. The third kappa shape index (κ3) is 3.23. The summed E-state index contributed by atoms with van der Waals surface area (Å²) in [6.07, 6.45) is 3.53. The van der Waals surface area contributed by atoms with Crippen LogP contribution in [0.5, 0.6) is 0 Å². The smallest absolute Gasteiger partial charge is 0.251 e. The number of carbonyl (C=O) groups excluding carboxylic acids is 1. The van der Waals surface area contributed by atoms with E-state index < -0.39 is 0 Å². The maximum absolute atomic E-state index is 11.9. The minimum atomic E-state index is -0.0389. The van der Waals surface area contributed by atoms with Crippen LogP contribution < -0.4 is 11.1 Å². The van der Waals surface area contributed by atoms with Crippen molar-refractivity contribution in [2.24, 2.45) is 0 Å². The number of carbonyl (C=O) groups is 1. The van der Waals surface area contributed by atoms with E-state index in [0.717, 1.165) is 13.0 Å². The van der Waals surface area contributed by atoms with Crippen LogP contribution in [0.2, 0.25) is 0 Å². The molecule has 2 rings (SSSR count). The van der Waals surface area contributed by atoms with Crippen molar-refractivity contribution in [2.45, 2.75) is 25.3 Å². The highest BCUT2D eigenvalue weighted by atomic mass is 16.1. The number of hydrogen-bond acceptors (Lipinski definition) is 3. The van der Waals surface area contributed by atoms with Gasteiger partial charge in [0.25, 0.3) is 5.91 Å². The number of nitrogens with two attached hydrogens (primary N) is 1. The number of benzene rings is 1. The molecule has 1 atom stereocenters. The number of nitrogen functional groups attached to an aromatic ring is 1. The fourth-order valence-electron chi connectivity index (χ4n) is 2.48. The average molecular weight is 247 g/mol. The van der Waals surface area contributed by atoms with Crippen LogP contribution in [-0.2, 0) is 0 Å². The van der Waals surface area contributed by atoms with E-state index in [9.17, 15) is 4.79 Å². The molecule has 0 saturated carbocycles. The second-order valence-electron chi connectivity index (χ2n) is 4.95. The number of rotatable bonds is 4. The lowest BCUT2D eigenvalue weighted by Gasteiger charge is -2.19. The normalized spacial score (nSPS) is 19.9. The van der Waals surface area contributed by atoms with Crippen LogP contribution in [0, 0.1) is 0 Å². The van der Waals surface area contributed by atoms with Gasteiger partial charge in [0.2, 0.25) is 0 Å². The predicted molar refractivity (Wildman–Crippen MR) is 73.5 cm³/mol. The zero-order valence-electron chi connectivity index (χ0n) is 10.9. The topological polar surface area (TPSA) is 58.4 Å². The van der Waals surface area contributed by atoms with Crippen molar-refractivity contribution in [3.8, 4) is 0 Å². The number of nitrogens with zero attached hydrogens (tertiary/aromatic N) is 1. The van der Waals surface area contributed by atoms with E-state index in [-0.39, 0.29) is 5.91 Å². The molecular formula is C14H21N3O. The molecule has 1 aliphatic heterocycles. The predicted octanol–water partition coefficient (Wildman–Crippen LogP) is 1.48. The molecule has 0 aliphatic carbocycles. The highest BCUT2D eigenvalue weighted by Crippen LogP contribution is 2.17. The summed E-state index contributed by atoms with van der Waals surface area (Å²) in [5.41, 5.74) is 6.91. The third-order valence-electron chi connectivity index (χ3n) is 3.58. The van der Waals surface area contributed by atoms with Gasteiger partial charge in [-0.3, -0.25) is 4.79 Å². The zero-order valence-corrected chi connectivity index (χ0v) is 10.9. The van der Waals surface area contributed by atoms with Gasteiger partial charge < -0.3 is 16.0 Å². The lowest BCUT2D eigenvalue weighted by molar-refractivity contribution is 0.0950. The van der Waals surface area contributed by atoms with Gasteiger partial charge in [-0.1, -0.05) is 6.07 Å². The summed E-state index contributed by atoms with van der Waals surface area (Å²) in [6.45, 7) is 1.90. The first-order valence-electron chi connectivity index (χ1n) is 6.51. The molecule has 18 heavy (non-hydrogen) atoms. The van der Waals surface area contributed by atoms with Crippen LogP contribution in [0.4, 0.5) is 5.69 Å². The van der Waals surface area contributed by atoms with Gasteiger partial charge in [-0.05, 0) is 51.1 Å². The van der Waals surface area contributed by atoms with Gasteiger partial charge in [0.1, 0.15) is 0 Å². The molecule has 1 unspecified atom stereocenters. The molecule has 1 aromatic rings. The second kappa shape index (κ2) is 5.87. The Labute approximate surface area is 108 Å². The van der Waals surface area contributed by atoms with Crippen molar-refractivity contribution in [3.63, 3.8) is 0 Å². The van der Waals surface area contributed by atoms with Crippen molar-refractivity contribution >= 4 is 11.6 Å². The molecule has 1 aliphatic rings. The fraction of sp³-hybridized carbons (Fsp3) is 0.500. The summed E-state index contributed by atoms with van der Waals surface area (Å²) in [5, 5.41) is 2.95. The number of nitrogens with one attached hydrogen (secondary N) is 1. The van der Waals surface area contributed by atoms with Crippen LogP contribution in [0.3, 0.4) is 0 Å². The Morgan fingerprint density at radius 3 is 3.06 bits per heavy atom. The van der Waals surface area contributed by atoms with Gasteiger partial charge >= 0.3 is 0 Å². The Hall–Kier alpha value is -1.55. The Morgan fingerprint density at radius 1 is 1.56 bits per heavy atom. The van der Waals surface area contributed by atoms with Gasteiger partial charge in [-0.25, -0.2) is 0 Å². The van der Waals surface area contributed by atoms with Crippen molar-refractivity contribution in [2.75, 3.05) is 25.9 Å². The zero-order chi connectivity index (χ0) is 13.0. The molecule has 1 fully saturated rings. The molecule has 4 heteroatoms. The first-order valence-corrected chi connectivity index (χ1v) is 6.51. The maximum atomic E-state index is 11.9. The van der Waals surface area contributed by atoms with Gasteiger partial charge in [0.15, 0.2) is 0 Å². The van der Waals surface area contributed by atoms with Crippen LogP contribution in [-0.4, -0.2) is 37.0 Å². The van der Waals surface area contributed by atoms with Crippen molar-refractivity contribution in [1.82, 2.24) is 10.2 Å². The van der Waals surface area contributed by atoms with Crippen LogP contribution in [0.1, 0.15) is 29.6 Å². The van der Waals surface area contributed by atoms with E-state index in [2.05, 4.69) is 17.3 Å². The fourth-order valence-corrected chi connectivity index (χ4v) is 2.48. The standard InChI is InChI=1S/C14H21N3O/c1-17-9-3-6-13(17)7-8-16-14(18)11-4-2-5-12(15)10-11/h2,4-5,10,13H,3,6-9,15H2,1H3,(H,16,18). The molecule has 1 aromatic carbocycles. The lowest BCUT2D eigenvalue weighted by Crippen LogP contribution is -2.31. The molecular weight excluding hydrogens is 226 g/mol. The second-order valence-corrected chi connectivity index (χ2v) is 4.95. The minimum Gasteiger partial charge on any atom is -0.399 e. The molecule has 0 bridgehead atoms. The van der Waals surface area contributed by atoms with Crippen LogP contribution >= 0.6 is 0 Å². The lowest BCUT2D eigenvalue weighted by atomic mass is 10.1. The van der Waals surface area contributed by atoms with E-state index >= 15 is 0 Å². The van der Waals surface area contributed by atoms with Crippen molar-refractivity contribution in [1.29, 1.82) is 0 Å². The quantitative estimate of drug-likeness (QED) is 0.792.